The maximum absolute atomic E-state index is 3.21. The van der Waals surface area contributed by atoms with Gasteiger partial charge in [0.1, 0.15) is 0 Å². The summed E-state index contributed by atoms with van der Waals surface area (Å²) in [6.07, 6.45) is 5.00. The van der Waals surface area contributed by atoms with Crippen LogP contribution in [0.3, 0.4) is 0 Å². The Hall–Kier alpha value is 0.220. The minimum absolute atomic E-state index is 0.921. The van der Waals surface area contributed by atoms with Crippen molar-refractivity contribution in [1.82, 2.24) is 0 Å². The van der Waals surface area contributed by atoms with Crippen LogP contribution in [-0.4, -0.2) is 0 Å². The van der Waals surface area contributed by atoms with Crippen molar-refractivity contribution in [3.63, 3.8) is 0 Å². The van der Waals surface area contributed by atoms with E-state index in [9.17, 15) is 0 Å². The van der Waals surface area contributed by atoms with Crippen LogP contribution >= 0.6 is 15.9 Å². The highest BCUT2D eigenvalue weighted by molar-refractivity contribution is 9.11. The van der Waals surface area contributed by atoms with E-state index < -0.39 is 0 Å². The smallest absolute Gasteiger partial charge is 0.0225 e. The zero-order valence-electron chi connectivity index (χ0n) is 3.52. The molecule has 1 fully saturated rings. The molecule has 0 spiro atoms. The molecule has 0 amide bonds. The van der Waals surface area contributed by atoms with Crippen molar-refractivity contribution < 1.29 is 0 Å². The molecule has 1 rings (SSSR count). The van der Waals surface area contributed by atoms with Gasteiger partial charge in [0, 0.05) is 0 Å². The van der Waals surface area contributed by atoms with Gasteiger partial charge in [-0.15, -0.1) is 0 Å². The summed E-state index contributed by atoms with van der Waals surface area (Å²) in [6.45, 7) is 0. The van der Waals surface area contributed by atoms with Gasteiger partial charge in [-0.25, -0.2) is 0 Å². The van der Waals surface area contributed by atoms with Gasteiger partial charge in [0.15, 0.2) is 0 Å². The van der Waals surface area contributed by atoms with E-state index in [1.54, 1.807) is 0 Å². The van der Waals surface area contributed by atoms with Crippen LogP contribution in [0.5, 0.6) is 0 Å². The van der Waals surface area contributed by atoms with E-state index in [4.69, 9.17) is 0 Å². The highest BCUT2D eigenvalue weighted by Crippen LogP contribution is 2.30. The second-order valence-electron chi connectivity index (χ2n) is 1.66. The molecule has 1 aliphatic rings. The van der Waals surface area contributed by atoms with Gasteiger partial charge in [-0.05, 0) is 23.7 Å². The molecule has 1 saturated carbocycles. The third-order valence-corrected chi connectivity index (χ3v) is 1.27. The fourth-order valence-electron chi connectivity index (χ4n) is 0.392. The van der Waals surface area contributed by atoms with E-state index in [0.29, 0.717) is 0 Å². The minimum Gasteiger partial charge on any atom is -0.0745 e. The Morgan fingerprint density at radius 3 is 2.33 bits per heavy atom. The SMILES string of the molecule is Br/C=C\C1CC1. The third-order valence-electron chi connectivity index (χ3n) is 0.967. The van der Waals surface area contributed by atoms with Crippen LogP contribution in [0.25, 0.3) is 0 Å². The zero-order valence-corrected chi connectivity index (χ0v) is 5.11. The molecule has 1 aliphatic carbocycles. The van der Waals surface area contributed by atoms with Crippen molar-refractivity contribution in [2.45, 2.75) is 12.8 Å². The van der Waals surface area contributed by atoms with Gasteiger partial charge in [-0.1, -0.05) is 22.0 Å². The molecule has 0 heterocycles. The second-order valence-corrected chi connectivity index (χ2v) is 2.18. The fourth-order valence-corrected chi connectivity index (χ4v) is 0.823. The van der Waals surface area contributed by atoms with Gasteiger partial charge in [0.05, 0.1) is 0 Å². The van der Waals surface area contributed by atoms with E-state index in [0.717, 1.165) is 5.92 Å². The maximum atomic E-state index is 3.21. The van der Waals surface area contributed by atoms with Gasteiger partial charge in [-0.3, -0.25) is 0 Å². The Morgan fingerprint density at radius 2 is 2.17 bits per heavy atom. The summed E-state index contributed by atoms with van der Waals surface area (Å²) in [5.41, 5.74) is 0. The first-order chi connectivity index (χ1) is 2.93. The lowest BCUT2D eigenvalue weighted by Gasteiger charge is -1.68. The van der Waals surface area contributed by atoms with Gasteiger partial charge in [0.25, 0.3) is 0 Å². The average molecular weight is 147 g/mol. The van der Waals surface area contributed by atoms with Crippen LogP contribution in [0.15, 0.2) is 11.1 Å². The van der Waals surface area contributed by atoms with Crippen LogP contribution in [0.2, 0.25) is 0 Å². The molecule has 0 nitrogen and oxygen atoms in total. The lowest BCUT2D eigenvalue weighted by molar-refractivity contribution is 1.13. The van der Waals surface area contributed by atoms with Crippen LogP contribution in [0.1, 0.15) is 12.8 Å². The van der Waals surface area contributed by atoms with Gasteiger partial charge >= 0.3 is 0 Å². The van der Waals surface area contributed by atoms with Crippen LogP contribution in [-0.2, 0) is 0 Å². The van der Waals surface area contributed by atoms with Crippen molar-refractivity contribution in [2.24, 2.45) is 5.92 Å². The molecule has 0 saturated heterocycles. The first-order valence-corrected chi connectivity index (χ1v) is 3.12. The van der Waals surface area contributed by atoms with Crippen molar-refractivity contribution in [1.29, 1.82) is 0 Å². The number of rotatable bonds is 1. The van der Waals surface area contributed by atoms with E-state index in [2.05, 4.69) is 22.0 Å². The molecule has 0 bridgehead atoms. The molecular weight excluding hydrogens is 140 g/mol. The molecule has 6 heavy (non-hydrogen) atoms. The topological polar surface area (TPSA) is 0 Å². The molecule has 34 valence electrons. The number of hydrogen-bond acceptors (Lipinski definition) is 0. The van der Waals surface area contributed by atoms with Crippen LogP contribution < -0.4 is 0 Å². The van der Waals surface area contributed by atoms with Gasteiger partial charge in [0.2, 0.25) is 0 Å². The fraction of sp³-hybridized carbons (Fsp3) is 0.600. The molecule has 0 unspecified atom stereocenters. The van der Waals surface area contributed by atoms with E-state index in [1.165, 1.54) is 12.8 Å². The quantitative estimate of drug-likeness (QED) is 0.533. The van der Waals surface area contributed by atoms with Crippen LogP contribution in [0, 0.1) is 5.92 Å². The largest absolute Gasteiger partial charge is 0.0745 e. The predicted octanol–water partition coefficient (Wildman–Crippen LogP) is 2.31. The lowest BCUT2D eigenvalue weighted by Crippen LogP contribution is -1.53. The molecule has 1 heteroatoms. The summed E-state index contributed by atoms with van der Waals surface area (Å²) in [5.74, 6) is 0.921. The monoisotopic (exact) mass is 146 g/mol. The molecule has 0 radical (unpaired) electrons. The van der Waals surface area contributed by atoms with E-state index in [1.807, 2.05) is 4.99 Å². The number of halogens is 1. The standard InChI is InChI=1S/C5H7Br/c6-4-3-5-1-2-5/h3-5H,1-2H2/b4-3-. The van der Waals surface area contributed by atoms with E-state index >= 15 is 0 Å². The third kappa shape index (κ3) is 1.13. The minimum atomic E-state index is 0.921. The molecule has 0 aromatic carbocycles. The van der Waals surface area contributed by atoms with E-state index in [-0.39, 0.29) is 0 Å². The summed E-state index contributed by atoms with van der Waals surface area (Å²) in [4.78, 5) is 1.95. The Labute approximate surface area is 46.4 Å². The Bertz CT molecular complexity index is 62.3. The summed E-state index contributed by atoms with van der Waals surface area (Å²) < 4.78 is 0. The summed E-state index contributed by atoms with van der Waals surface area (Å²) in [6, 6.07) is 0. The summed E-state index contributed by atoms with van der Waals surface area (Å²) in [5, 5.41) is 0. The average Bonchev–Trinajstić information content (AvgIpc) is 2.21. The van der Waals surface area contributed by atoms with Gasteiger partial charge in [-0.2, -0.15) is 0 Å². The summed E-state index contributed by atoms with van der Waals surface area (Å²) >= 11 is 3.21. The Kier molecular flexibility index (Phi) is 1.30. The first-order valence-electron chi connectivity index (χ1n) is 2.20. The van der Waals surface area contributed by atoms with Crippen molar-refractivity contribution in [2.75, 3.05) is 0 Å². The zero-order chi connectivity index (χ0) is 4.41. The van der Waals surface area contributed by atoms with Crippen LogP contribution in [0.4, 0.5) is 0 Å². The molecule has 0 aromatic rings. The van der Waals surface area contributed by atoms with Crippen molar-refractivity contribution in [3.05, 3.63) is 11.1 Å². The first kappa shape index (κ1) is 4.38. The molecule has 0 aliphatic heterocycles. The molecular formula is C5H7Br. The number of allylic oxidation sites excluding steroid dienone is 1. The molecule has 0 aromatic heterocycles. The normalized spacial score (nSPS) is 22.8. The Balaban J connectivity index is 2.15. The Morgan fingerprint density at radius 1 is 1.50 bits per heavy atom. The molecule has 0 N–H and O–H groups in total. The predicted molar refractivity (Wildman–Crippen MR) is 30.8 cm³/mol. The number of hydrogen-bond donors (Lipinski definition) is 0. The maximum Gasteiger partial charge on any atom is -0.0225 e. The highest BCUT2D eigenvalue weighted by Gasteiger charge is 2.16. The van der Waals surface area contributed by atoms with Crippen molar-refractivity contribution >= 4 is 15.9 Å². The van der Waals surface area contributed by atoms with Gasteiger partial charge < -0.3 is 0 Å². The highest BCUT2D eigenvalue weighted by atomic mass is 79.9. The second kappa shape index (κ2) is 1.78. The lowest BCUT2D eigenvalue weighted by atomic mass is 10.4. The summed E-state index contributed by atoms with van der Waals surface area (Å²) in [7, 11) is 0. The molecule has 0 atom stereocenters. The van der Waals surface area contributed by atoms with Crippen molar-refractivity contribution in [3.8, 4) is 0 Å².